The third-order valence-corrected chi connectivity index (χ3v) is 5.60. The fraction of sp³-hybridized carbons (Fsp3) is 0.381. The number of amides is 2. The number of rotatable bonds is 7. The summed E-state index contributed by atoms with van der Waals surface area (Å²) in [5.41, 5.74) is 1.74. The highest BCUT2D eigenvalue weighted by molar-refractivity contribution is 8.00. The molecule has 2 amide bonds. The smallest absolute Gasteiger partial charge is 0.233 e. The van der Waals surface area contributed by atoms with Crippen LogP contribution in [0.1, 0.15) is 19.4 Å². The lowest BCUT2D eigenvalue weighted by Gasteiger charge is -2.29. The van der Waals surface area contributed by atoms with E-state index in [-0.39, 0.29) is 17.1 Å². The molecular formula is C21H26N4O3S. The van der Waals surface area contributed by atoms with E-state index in [1.807, 2.05) is 43.3 Å². The van der Waals surface area contributed by atoms with Crippen LogP contribution in [0.2, 0.25) is 0 Å². The maximum absolute atomic E-state index is 12.6. The number of carbonyl (C=O) groups excluding carboxylic acids is 2. The maximum atomic E-state index is 12.6. The van der Waals surface area contributed by atoms with Gasteiger partial charge in [0, 0.05) is 48.9 Å². The van der Waals surface area contributed by atoms with E-state index in [2.05, 4.69) is 20.5 Å². The zero-order valence-corrected chi connectivity index (χ0v) is 17.5. The van der Waals surface area contributed by atoms with Crippen molar-refractivity contribution in [3.63, 3.8) is 0 Å². The summed E-state index contributed by atoms with van der Waals surface area (Å²) in [6, 6.07) is 11.4. The van der Waals surface area contributed by atoms with Crippen LogP contribution in [0.4, 0.5) is 11.5 Å². The molecule has 154 valence electrons. The Morgan fingerprint density at radius 2 is 1.93 bits per heavy atom. The summed E-state index contributed by atoms with van der Waals surface area (Å²) in [7, 11) is 0. The van der Waals surface area contributed by atoms with Gasteiger partial charge in [-0.3, -0.25) is 9.59 Å². The Labute approximate surface area is 175 Å². The first-order valence-corrected chi connectivity index (χ1v) is 10.5. The molecule has 2 N–H and O–H groups in total. The van der Waals surface area contributed by atoms with Gasteiger partial charge in [-0.1, -0.05) is 6.07 Å². The van der Waals surface area contributed by atoms with Crippen LogP contribution >= 0.6 is 11.8 Å². The summed E-state index contributed by atoms with van der Waals surface area (Å²) in [5, 5.41) is 5.51. The predicted octanol–water partition coefficient (Wildman–Crippen LogP) is 2.67. The van der Waals surface area contributed by atoms with Gasteiger partial charge in [-0.15, -0.1) is 11.8 Å². The normalized spacial score (nSPS) is 14.9. The number of thioether (sulfide) groups is 1. The van der Waals surface area contributed by atoms with E-state index in [0.717, 1.165) is 35.1 Å². The zero-order valence-electron chi connectivity index (χ0n) is 16.7. The van der Waals surface area contributed by atoms with Crippen molar-refractivity contribution in [3.05, 3.63) is 48.2 Å². The van der Waals surface area contributed by atoms with E-state index >= 15 is 0 Å². The molecule has 1 aliphatic rings. The number of nitrogens with zero attached hydrogens (tertiary/aromatic N) is 2. The molecule has 2 heterocycles. The highest BCUT2D eigenvalue weighted by Crippen LogP contribution is 2.25. The second-order valence-corrected chi connectivity index (χ2v) is 8.18. The summed E-state index contributed by atoms with van der Waals surface area (Å²) in [6.45, 7) is 6.78. The van der Waals surface area contributed by atoms with E-state index in [0.29, 0.717) is 19.8 Å². The minimum atomic E-state index is -0.245. The second-order valence-electron chi connectivity index (χ2n) is 6.77. The molecule has 0 bridgehead atoms. The van der Waals surface area contributed by atoms with Crippen LogP contribution in [-0.2, 0) is 20.9 Å². The molecule has 0 spiro atoms. The van der Waals surface area contributed by atoms with Gasteiger partial charge in [0.2, 0.25) is 11.8 Å². The Balaban J connectivity index is 1.54. The molecule has 2 aromatic rings. The fourth-order valence-electron chi connectivity index (χ4n) is 3.03. The monoisotopic (exact) mass is 414 g/mol. The summed E-state index contributed by atoms with van der Waals surface area (Å²) in [6.07, 6.45) is 1.78. The molecule has 0 aliphatic carbocycles. The van der Waals surface area contributed by atoms with Gasteiger partial charge >= 0.3 is 0 Å². The minimum absolute atomic E-state index is 0.0299. The van der Waals surface area contributed by atoms with Crippen molar-refractivity contribution in [1.29, 1.82) is 0 Å². The lowest BCUT2D eigenvalue weighted by atomic mass is 10.2. The molecule has 8 heteroatoms. The minimum Gasteiger partial charge on any atom is -0.378 e. The highest BCUT2D eigenvalue weighted by Gasteiger charge is 2.18. The number of nitrogens with one attached hydrogen (secondary N) is 2. The first-order valence-electron chi connectivity index (χ1n) is 9.61. The van der Waals surface area contributed by atoms with Crippen molar-refractivity contribution in [2.45, 2.75) is 30.5 Å². The maximum Gasteiger partial charge on any atom is 0.233 e. The number of morpholine rings is 1. The van der Waals surface area contributed by atoms with Crippen molar-refractivity contribution >= 4 is 35.1 Å². The molecule has 0 unspecified atom stereocenters. The van der Waals surface area contributed by atoms with Gasteiger partial charge < -0.3 is 20.3 Å². The molecular weight excluding hydrogens is 388 g/mol. The molecule has 3 rings (SSSR count). The SMILES string of the molecule is CC(=O)Nc1ccc(S[C@@H](C)C(=O)NCc2cccnc2N2CCOCC2)cc1. The second kappa shape index (κ2) is 10.3. The average Bonchev–Trinajstić information content (AvgIpc) is 2.74. The van der Waals surface area contributed by atoms with E-state index in [4.69, 9.17) is 4.74 Å². The van der Waals surface area contributed by atoms with Gasteiger partial charge in [-0.25, -0.2) is 4.98 Å². The molecule has 0 radical (unpaired) electrons. The van der Waals surface area contributed by atoms with Crippen LogP contribution in [0.25, 0.3) is 0 Å². The average molecular weight is 415 g/mol. The van der Waals surface area contributed by atoms with Crippen LogP contribution in [0.15, 0.2) is 47.5 Å². The highest BCUT2D eigenvalue weighted by atomic mass is 32.2. The summed E-state index contributed by atoms with van der Waals surface area (Å²) in [4.78, 5) is 31.3. The Morgan fingerprint density at radius 3 is 2.62 bits per heavy atom. The van der Waals surface area contributed by atoms with Crippen LogP contribution in [0.3, 0.4) is 0 Å². The van der Waals surface area contributed by atoms with Crippen molar-refractivity contribution in [2.75, 3.05) is 36.5 Å². The van der Waals surface area contributed by atoms with Gasteiger partial charge in [0.15, 0.2) is 0 Å². The first-order chi connectivity index (χ1) is 14.0. The number of anilines is 2. The molecule has 7 nitrogen and oxygen atoms in total. The number of hydrogen-bond acceptors (Lipinski definition) is 6. The lowest BCUT2D eigenvalue weighted by molar-refractivity contribution is -0.120. The van der Waals surface area contributed by atoms with E-state index in [1.165, 1.54) is 18.7 Å². The van der Waals surface area contributed by atoms with Crippen LogP contribution in [-0.4, -0.2) is 48.4 Å². The van der Waals surface area contributed by atoms with Gasteiger partial charge in [-0.05, 0) is 37.3 Å². The van der Waals surface area contributed by atoms with Crippen molar-refractivity contribution in [2.24, 2.45) is 0 Å². The zero-order chi connectivity index (χ0) is 20.6. The topological polar surface area (TPSA) is 83.6 Å². The van der Waals surface area contributed by atoms with Crippen molar-refractivity contribution in [1.82, 2.24) is 10.3 Å². The summed E-state index contributed by atoms with van der Waals surface area (Å²) >= 11 is 1.48. The van der Waals surface area contributed by atoms with Gasteiger partial charge in [0.1, 0.15) is 5.82 Å². The third kappa shape index (κ3) is 6.20. The van der Waals surface area contributed by atoms with E-state index in [1.54, 1.807) is 6.20 Å². The largest absolute Gasteiger partial charge is 0.378 e. The number of hydrogen-bond donors (Lipinski definition) is 2. The molecule has 1 aromatic carbocycles. The molecule has 1 aromatic heterocycles. The predicted molar refractivity (Wildman–Crippen MR) is 115 cm³/mol. The Kier molecular flexibility index (Phi) is 7.48. The number of pyridine rings is 1. The van der Waals surface area contributed by atoms with Crippen molar-refractivity contribution in [3.8, 4) is 0 Å². The van der Waals surface area contributed by atoms with E-state index in [9.17, 15) is 9.59 Å². The van der Waals surface area contributed by atoms with Crippen LogP contribution < -0.4 is 15.5 Å². The van der Waals surface area contributed by atoms with Gasteiger partial charge in [0.25, 0.3) is 0 Å². The number of aromatic nitrogens is 1. The van der Waals surface area contributed by atoms with E-state index < -0.39 is 0 Å². The Bertz CT molecular complexity index is 838. The molecule has 1 aliphatic heterocycles. The number of benzene rings is 1. The third-order valence-electron chi connectivity index (χ3n) is 4.49. The summed E-state index contributed by atoms with van der Waals surface area (Å²) in [5.74, 6) is 0.771. The molecule has 1 atom stereocenters. The Morgan fingerprint density at radius 1 is 1.21 bits per heavy atom. The lowest BCUT2D eigenvalue weighted by Crippen LogP contribution is -2.38. The first kappa shape index (κ1) is 21.1. The number of carbonyl (C=O) groups is 2. The fourth-order valence-corrected chi connectivity index (χ4v) is 3.92. The van der Waals surface area contributed by atoms with Crippen molar-refractivity contribution < 1.29 is 14.3 Å². The molecule has 1 saturated heterocycles. The molecule has 1 fully saturated rings. The number of ether oxygens (including phenoxy) is 1. The molecule has 29 heavy (non-hydrogen) atoms. The van der Waals surface area contributed by atoms with Crippen LogP contribution in [0, 0.1) is 0 Å². The van der Waals surface area contributed by atoms with Gasteiger partial charge in [-0.2, -0.15) is 0 Å². The standard InChI is InChI=1S/C21H26N4O3S/c1-15(29-19-7-5-18(6-8-19)24-16(2)26)21(27)23-14-17-4-3-9-22-20(17)25-10-12-28-13-11-25/h3-9,15H,10-14H2,1-2H3,(H,23,27)(H,24,26)/t15-/m0/s1. The van der Waals surface area contributed by atoms with Gasteiger partial charge in [0.05, 0.1) is 18.5 Å². The quantitative estimate of drug-likeness (QED) is 0.678. The summed E-state index contributed by atoms with van der Waals surface area (Å²) < 4.78 is 5.41. The molecule has 0 saturated carbocycles. The van der Waals surface area contributed by atoms with Crippen LogP contribution in [0.5, 0.6) is 0 Å². The Hall–Kier alpha value is -2.58.